The van der Waals surface area contributed by atoms with Gasteiger partial charge in [0.2, 0.25) is 0 Å². The number of benzene rings is 1. The number of aryl methyl sites for hydroxylation is 1. The number of carbonyl (C=O) groups excluding carboxylic acids is 1. The lowest BCUT2D eigenvalue weighted by Crippen LogP contribution is -2.47. The maximum atomic E-state index is 12.6. The number of hydrogen-bond donors (Lipinski definition) is 1. The summed E-state index contributed by atoms with van der Waals surface area (Å²) in [5.41, 5.74) is 7.49. The summed E-state index contributed by atoms with van der Waals surface area (Å²) < 4.78 is 5.28. The molecule has 1 fully saturated rings. The van der Waals surface area contributed by atoms with E-state index in [9.17, 15) is 4.79 Å². The zero-order chi connectivity index (χ0) is 13.8. The Labute approximate surface area is 126 Å². The van der Waals surface area contributed by atoms with Crippen molar-refractivity contribution in [1.82, 2.24) is 4.90 Å². The van der Waals surface area contributed by atoms with Crippen molar-refractivity contribution in [2.24, 2.45) is 5.73 Å². The van der Waals surface area contributed by atoms with E-state index in [1.54, 1.807) is 7.11 Å². The smallest absolute Gasteiger partial charge is 0.254 e. The highest BCUT2D eigenvalue weighted by Crippen LogP contribution is 2.23. The van der Waals surface area contributed by atoms with Crippen LogP contribution in [0.25, 0.3) is 0 Å². The van der Waals surface area contributed by atoms with Crippen molar-refractivity contribution < 1.29 is 9.53 Å². The fourth-order valence-electron chi connectivity index (χ4n) is 2.63. The first kappa shape index (κ1) is 16.8. The summed E-state index contributed by atoms with van der Waals surface area (Å²) in [4.78, 5) is 14.5. The van der Waals surface area contributed by atoms with Gasteiger partial charge in [0.1, 0.15) is 5.75 Å². The number of likely N-dealkylation sites (tertiary alicyclic amines) is 1. The van der Waals surface area contributed by atoms with Crippen LogP contribution in [0.3, 0.4) is 0 Å². The number of methoxy groups -OCH3 is 1. The summed E-state index contributed by atoms with van der Waals surface area (Å²) in [6.45, 7) is 3.31. The number of amides is 1. The van der Waals surface area contributed by atoms with Crippen molar-refractivity contribution in [3.63, 3.8) is 0 Å². The Hall–Kier alpha value is -1.26. The number of hydrogen-bond acceptors (Lipinski definition) is 3. The van der Waals surface area contributed by atoms with Crippen molar-refractivity contribution in [1.29, 1.82) is 0 Å². The second-order valence-electron chi connectivity index (χ2n) is 5.07. The zero-order valence-corrected chi connectivity index (χ0v) is 12.9. The summed E-state index contributed by atoms with van der Waals surface area (Å²) in [5.74, 6) is 0.820. The number of nitrogens with zero attached hydrogens (tertiary/aromatic N) is 1. The van der Waals surface area contributed by atoms with Crippen LogP contribution in [0.5, 0.6) is 5.75 Å². The number of ether oxygens (including phenoxy) is 1. The fraction of sp³-hybridized carbons (Fsp3) is 0.533. The molecule has 0 spiro atoms. The normalized spacial score (nSPS) is 18.4. The van der Waals surface area contributed by atoms with E-state index in [1.807, 2.05) is 30.0 Å². The molecule has 1 atom stereocenters. The molecule has 0 saturated carbocycles. The number of halogens is 1. The Morgan fingerprint density at radius 2 is 2.20 bits per heavy atom. The van der Waals surface area contributed by atoms with E-state index in [1.165, 1.54) is 0 Å². The Balaban J connectivity index is 0.00000200. The highest BCUT2D eigenvalue weighted by Gasteiger charge is 2.26. The van der Waals surface area contributed by atoms with Crippen LogP contribution in [-0.2, 0) is 0 Å². The second-order valence-corrected chi connectivity index (χ2v) is 5.07. The molecule has 1 aliphatic rings. The van der Waals surface area contributed by atoms with Crippen molar-refractivity contribution in [3.05, 3.63) is 29.3 Å². The first-order valence-corrected chi connectivity index (χ1v) is 6.83. The molecular formula is C15H23ClN2O2. The maximum absolute atomic E-state index is 12.6. The standard InChI is InChI=1S/C15H22N2O2.ClH/c1-11-6-7-12(9-14(11)19-2)15(18)17-8-4-3-5-13(17)10-16;/h6-7,9,13H,3-5,8,10,16H2,1-2H3;1H. The molecule has 1 heterocycles. The van der Waals surface area contributed by atoms with Crippen LogP contribution in [0.15, 0.2) is 18.2 Å². The molecule has 1 saturated heterocycles. The Morgan fingerprint density at radius 1 is 1.45 bits per heavy atom. The molecule has 1 unspecified atom stereocenters. The van der Waals surface area contributed by atoms with E-state index >= 15 is 0 Å². The van der Waals surface area contributed by atoms with Crippen LogP contribution in [0.1, 0.15) is 35.2 Å². The SMILES string of the molecule is COc1cc(C(=O)N2CCCCC2CN)ccc1C.Cl. The molecule has 1 aliphatic heterocycles. The number of nitrogens with two attached hydrogens (primary N) is 1. The van der Waals surface area contributed by atoms with E-state index in [0.717, 1.165) is 37.1 Å². The Morgan fingerprint density at radius 3 is 2.85 bits per heavy atom. The van der Waals surface area contributed by atoms with Crippen molar-refractivity contribution in [2.45, 2.75) is 32.2 Å². The predicted octanol–water partition coefficient (Wildman–Crippen LogP) is 2.38. The van der Waals surface area contributed by atoms with Gasteiger partial charge in [-0.3, -0.25) is 4.79 Å². The molecule has 2 N–H and O–H groups in total. The summed E-state index contributed by atoms with van der Waals surface area (Å²) >= 11 is 0. The third kappa shape index (κ3) is 3.44. The molecule has 1 aromatic rings. The molecule has 20 heavy (non-hydrogen) atoms. The van der Waals surface area contributed by atoms with Gasteiger partial charge in [-0.1, -0.05) is 6.07 Å². The third-order valence-electron chi connectivity index (χ3n) is 3.82. The van der Waals surface area contributed by atoms with Gasteiger partial charge >= 0.3 is 0 Å². The van der Waals surface area contributed by atoms with E-state index in [-0.39, 0.29) is 24.4 Å². The van der Waals surface area contributed by atoms with Crippen molar-refractivity contribution >= 4 is 18.3 Å². The molecule has 112 valence electrons. The quantitative estimate of drug-likeness (QED) is 0.932. The molecule has 1 amide bonds. The maximum Gasteiger partial charge on any atom is 0.254 e. The van der Waals surface area contributed by atoms with Gasteiger partial charge in [0.15, 0.2) is 0 Å². The minimum Gasteiger partial charge on any atom is -0.496 e. The van der Waals surface area contributed by atoms with E-state index in [2.05, 4.69) is 0 Å². The molecule has 0 aromatic heterocycles. The van der Waals surface area contributed by atoms with Gasteiger partial charge in [-0.25, -0.2) is 0 Å². The van der Waals surface area contributed by atoms with Gasteiger partial charge in [-0.2, -0.15) is 0 Å². The highest BCUT2D eigenvalue weighted by atomic mass is 35.5. The van der Waals surface area contributed by atoms with Gasteiger partial charge in [0.25, 0.3) is 5.91 Å². The first-order chi connectivity index (χ1) is 9.17. The summed E-state index contributed by atoms with van der Waals surface area (Å²) in [7, 11) is 1.63. The van der Waals surface area contributed by atoms with Gasteiger partial charge in [-0.15, -0.1) is 12.4 Å². The average molecular weight is 299 g/mol. The van der Waals surface area contributed by atoms with Crippen LogP contribution < -0.4 is 10.5 Å². The molecule has 2 rings (SSSR count). The van der Waals surface area contributed by atoms with Gasteiger partial charge in [-0.05, 0) is 43.9 Å². The van der Waals surface area contributed by atoms with Crippen LogP contribution in [0.2, 0.25) is 0 Å². The Kier molecular flexibility index (Phi) is 6.30. The molecule has 4 nitrogen and oxygen atoms in total. The van der Waals surface area contributed by atoms with Crippen LogP contribution in [0, 0.1) is 6.92 Å². The predicted molar refractivity (Wildman–Crippen MR) is 82.7 cm³/mol. The molecule has 5 heteroatoms. The lowest BCUT2D eigenvalue weighted by Gasteiger charge is -2.35. The van der Waals surface area contributed by atoms with Crippen molar-refractivity contribution in [2.75, 3.05) is 20.2 Å². The van der Waals surface area contributed by atoms with Gasteiger partial charge in [0.05, 0.1) is 7.11 Å². The van der Waals surface area contributed by atoms with E-state index in [0.29, 0.717) is 12.1 Å². The highest BCUT2D eigenvalue weighted by molar-refractivity contribution is 5.95. The number of piperidine rings is 1. The second kappa shape index (κ2) is 7.50. The van der Waals surface area contributed by atoms with E-state index < -0.39 is 0 Å². The lowest BCUT2D eigenvalue weighted by molar-refractivity contribution is 0.0623. The van der Waals surface area contributed by atoms with E-state index in [4.69, 9.17) is 10.5 Å². The summed E-state index contributed by atoms with van der Waals surface area (Å²) in [5, 5.41) is 0. The summed E-state index contributed by atoms with van der Waals surface area (Å²) in [6, 6.07) is 5.78. The topological polar surface area (TPSA) is 55.6 Å². The molecule has 0 radical (unpaired) electrons. The van der Waals surface area contributed by atoms with Crippen molar-refractivity contribution in [3.8, 4) is 5.75 Å². The van der Waals surface area contributed by atoms with Crippen LogP contribution in [0.4, 0.5) is 0 Å². The van der Waals surface area contributed by atoms with Crippen LogP contribution >= 0.6 is 12.4 Å². The summed E-state index contributed by atoms with van der Waals surface area (Å²) in [6.07, 6.45) is 3.22. The number of rotatable bonds is 3. The monoisotopic (exact) mass is 298 g/mol. The first-order valence-electron chi connectivity index (χ1n) is 6.83. The average Bonchev–Trinajstić information content (AvgIpc) is 2.47. The van der Waals surface area contributed by atoms with Gasteiger partial charge < -0.3 is 15.4 Å². The third-order valence-corrected chi connectivity index (χ3v) is 3.82. The number of carbonyl (C=O) groups is 1. The molecular weight excluding hydrogens is 276 g/mol. The molecule has 0 bridgehead atoms. The fourth-order valence-corrected chi connectivity index (χ4v) is 2.63. The van der Waals surface area contributed by atoms with Crippen LogP contribution in [-0.4, -0.2) is 37.0 Å². The lowest BCUT2D eigenvalue weighted by atomic mass is 10.0. The largest absolute Gasteiger partial charge is 0.496 e. The zero-order valence-electron chi connectivity index (χ0n) is 12.1. The minimum absolute atomic E-state index is 0. The van der Waals surface area contributed by atoms with Gasteiger partial charge in [0, 0.05) is 24.7 Å². The Bertz CT molecular complexity index is 465. The molecule has 0 aliphatic carbocycles. The molecule has 1 aromatic carbocycles. The minimum atomic E-state index is 0.